The fourth-order valence-electron chi connectivity index (χ4n) is 4.21. The van der Waals surface area contributed by atoms with Crippen LogP contribution in [0.25, 0.3) is 0 Å². The smallest absolute Gasteiger partial charge is 0.345 e. The molecule has 1 aromatic heterocycles. The largest absolute Gasteiger partial charge is 0.489 e. The minimum atomic E-state index is -0.853. The number of allylic oxidation sites excluding steroid dienone is 1. The third-order valence-electron chi connectivity index (χ3n) is 5.95. The SMILES string of the molecule is C=C[C@@H](CC(=O)O)c1ccc(OCc2cccc(CN3CCc4sc(C(=O)O)cc4C3)c2)cc1. The van der Waals surface area contributed by atoms with Crippen LogP contribution in [0.2, 0.25) is 0 Å². The number of nitrogens with zero attached hydrogens (tertiary/aromatic N) is 1. The second-order valence-electron chi connectivity index (χ2n) is 8.44. The highest BCUT2D eigenvalue weighted by Gasteiger charge is 2.21. The van der Waals surface area contributed by atoms with Crippen LogP contribution in [0, 0.1) is 0 Å². The molecule has 1 atom stereocenters. The van der Waals surface area contributed by atoms with Gasteiger partial charge in [0.05, 0.1) is 6.42 Å². The lowest BCUT2D eigenvalue weighted by Gasteiger charge is -2.26. The summed E-state index contributed by atoms with van der Waals surface area (Å²) in [5.74, 6) is -1.20. The predicted octanol–water partition coefficient (Wildman–Crippen LogP) is 5.33. The van der Waals surface area contributed by atoms with E-state index in [1.807, 2.05) is 42.5 Å². The van der Waals surface area contributed by atoms with Crippen LogP contribution in [0.5, 0.6) is 5.75 Å². The van der Waals surface area contributed by atoms with E-state index in [1.54, 1.807) is 6.08 Å². The second kappa shape index (κ2) is 10.7. The number of carboxylic acids is 2. The normalized spacial score (nSPS) is 14.2. The first-order valence-corrected chi connectivity index (χ1v) is 11.9. The van der Waals surface area contributed by atoms with Crippen molar-refractivity contribution in [2.45, 2.75) is 38.5 Å². The Balaban J connectivity index is 1.33. The van der Waals surface area contributed by atoms with Crippen molar-refractivity contribution in [1.82, 2.24) is 4.90 Å². The van der Waals surface area contributed by atoms with E-state index < -0.39 is 11.9 Å². The fourth-order valence-corrected chi connectivity index (χ4v) is 5.21. The molecule has 0 spiro atoms. The molecule has 1 aliphatic rings. The van der Waals surface area contributed by atoms with Crippen molar-refractivity contribution in [2.24, 2.45) is 0 Å². The Morgan fingerprint density at radius 3 is 2.59 bits per heavy atom. The zero-order chi connectivity index (χ0) is 24.1. The first-order chi connectivity index (χ1) is 16.4. The van der Waals surface area contributed by atoms with Crippen LogP contribution in [-0.4, -0.2) is 33.6 Å². The molecule has 34 heavy (non-hydrogen) atoms. The topological polar surface area (TPSA) is 87.1 Å². The summed E-state index contributed by atoms with van der Waals surface area (Å²) >= 11 is 1.39. The van der Waals surface area contributed by atoms with Crippen LogP contribution in [0.3, 0.4) is 0 Å². The van der Waals surface area contributed by atoms with Crippen LogP contribution in [0.15, 0.2) is 67.3 Å². The number of carboxylic acid groups (broad SMARTS) is 2. The molecule has 0 unspecified atom stereocenters. The van der Waals surface area contributed by atoms with Crippen molar-refractivity contribution < 1.29 is 24.5 Å². The quantitative estimate of drug-likeness (QED) is 0.384. The van der Waals surface area contributed by atoms with Gasteiger partial charge in [-0.1, -0.05) is 42.5 Å². The number of aromatic carboxylic acids is 1. The summed E-state index contributed by atoms with van der Waals surface area (Å²) < 4.78 is 5.95. The highest BCUT2D eigenvalue weighted by Crippen LogP contribution is 2.29. The van der Waals surface area contributed by atoms with E-state index in [2.05, 4.69) is 23.6 Å². The summed E-state index contributed by atoms with van der Waals surface area (Å²) in [5.41, 5.74) is 4.28. The van der Waals surface area contributed by atoms with E-state index in [0.29, 0.717) is 11.5 Å². The molecule has 6 nitrogen and oxygen atoms in total. The van der Waals surface area contributed by atoms with Gasteiger partial charge in [-0.15, -0.1) is 17.9 Å². The van der Waals surface area contributed by atoms with Crippen LogP contribution in [-0.2, 0) is 30.9 Å². The molecule has 0 amide bonds. The summed E-state index contributed by atoms with van der Waals surface area (Å²) in [6.45, 7) is 6.64. The van der Waals surface area contributed by atoms with E-state index in [-0.39, 0.29) is 12.3 Å². The summed E-state index contributed by atoms with van der Waals surface area (Å²) in [6.07, 6.45) is 2.55. The maximum Gasteiger partial charge on any atom is 0.345 e. The Morgan fingerprint density at radius 1 is 1.12 bits per heavy atom. The summed E-state index contributed by atoms with van der Waals surface area (Å²) in [5, 5.41) is 18.3. The van der Waals surface area contributed by atoms with Gasteiger partial charge in [-0.25, -0.2) is 4.79 Å². The molecular weight excluding hydrogens is 450 g/mol. The molecule has 0 saturated heterocycles. The Morgan fingerprint density at radius 2 is 1.88 bits per heavy atom. The maximum atomic E-state index is 11.3. The molecule has 0 saturated carbocycles. The Bertz CT molecular complexity index is 1180. The molecule has 0 bridgehead atoms. The van der Waals surface area contributed by atoms with Gasteiger partial charge in [0.25, 0.3) is 0 Å². The maximum absolute atomic E-state index is 11.3. The molecule has 2 N–H and O–H groups in total. The Hall–Kier alpha value is -3.42. The predicted molar refractivity (Wildman–Crippen MR) is 132 cm³/mol. The lowest BCUT2D eigenvalue weighted by molar-refractivity contribution is -0.137. The number of carbonyl (C=O) groups is 2. The zero-order valence-electron chi connectivity index (χ0n) is 18.8. The highest BCUT2D eigenvalue weighted by molar-refractivity contribution is 7.14. The number of hydrogen-bond acceptors (Lipinski definition) is 5. The van der Waals surface area contributed by atoms with Gasteiger partial charge < -0.3 is 14.9 Å². The molecule has 1 aliphatic heterocycles. The lowest BCUT2D eigenvalue weighted by Crippen LogP contribution is -2.29. The summed E-state index contributed by atoms with van der Waals surface area (Å²) in [6, 6.07) is 17.6. The van der Waals surface area contributed by atoms with E-state index >= 15 is 0 Å². The van der Waals surface area contributed by atoms with Crippen molar-refractivity contribution in [3.8, 4) is 5.75 Å². The molecule has 3 aromatic rings. The molecule has 0 fully saturated rings. The zero-order valence-corrected chi connectivity index (χ0v) is 19.6. The number of ether oxygens (including phenoxy) is 1. The molecule has 0 radical (unpaired) electrons. The number of benzene rings is 2. The van der Waals surface area contributed by atoms with Crippen molar-refractivity contribution in [1.29, 1.82) is 0 Å². The molecular formula is C27H27NO5S. The Labute approximate surface area is 202 Å². The summed E-state index contributed by atoms with van der Waals surface area (Å²) in [7, 11) is 0. The number of aliphatic carboxylic acids is 1. The standard InChI is InChI=1S/C27H27NO5S/c1-2-20(14-26(29)30)21-6-8-23(9-7-21)33-17-19-5-3-4-18(12-19)15-28-11-10-24-22(16-28)13-25(34-24)27(31)32/h2-9,12-13,20H,1,10-11,14-17H2,(H,29,30)(H,31,32)/t20-/m0/s1. The van der Waals surface area contributed by atoms with Crippen LogP contribution in [0.4, 0.5) is 0 Å². The molecule has 176 valence electrons. The number of rotatable bonds is 10. The van der Waals surface area contributed by atoms with Gasteiger partial charge in [-0.3, -0.25) is 9.69 Å². The van der Waals surface area contributed by atoms with Crippen molar-refractivity contribution in [3.63, 3.8) is 0 Å². The minimum absolute atomic E-state index is 0.0158. The van der Waals surface area contributed by atoms with Crippen molar-refractivity contribution in [2.75, 3.05) is 6.54 Å². The van der Waals surface area contributed by atoms with Crippen LogP contribution in [0.1, 0.15) is 49.1 Å². The van der Waals surface area contributed by atoms with Gasteiger partial charge in [0, 0.05) is 30.4 Å². The molecule has 4 rings (SSSR count). The van der Waals surface area contributed by atoms with Gasteiger partial charge in [-0.2, -0.15) is 0 Å². The van der Waals surface area contributed by atoms with Crippen LogP contribution < -0.4 is 4.74 Å². The van der Waals surface area contributed by atoms with Crippen molar-refractivity contribution >= 4 is 23.3 Å². The number of fused-ring (bicyclic) bond motifs is 1. The highest BCUT2D eigenvalue weighted by atomic mass is 32.1. The van der Waals surface area contributed by atoms with E-state index in [1.165, 1.54) is 21.8 Å². The number of hydrogen-bond donors (Lipinski definition) is 2. The average Bonchev–Trinajstić information content (AvgIpc) is 3.26. The summed E-state index contributed by atoms with van der Waals surface area (Å²) in [4.78, 5) is 26.2. The molecule has 2 aromatic carbocycles. The van der Waals surface area contributed by atoms with Crippen molar-refractivity contribution in [3.05, 3.63) is 99.3 Å². The van der Waals surface area contributed by atoms with Gasteiger partial charge in [0.1, 0.15) is 17.2 Å². The molecule has 2 heterocycles. The average molecular weight is 478 g/mol. The lowest BCUT2D eigenvalue weighted by atomic mass is 9.96. The van der Waals surface area contributed by atoms with Gasteiger partial charge in [-0.05, 0) is 46.9 Å². The first kappa shape index (κ1) is 23.7. The van der Waals surface area contributed by atoms with E-state index in [4.69, 9.17) is 9.84 Å². The monoisotopic (exact) mass is 477 g/mol. The van der Waals surface area contributed by atoms with E-state index in [0.717, 1.165) is 48.5 Å². The Kier molecular flexibility index (Phi) is 7.45. The van der Waals surface area contributed by atoms with Gasteiger partial charge >= 0.3 is 11.9 Å². The fraction of sp³-hybridized carbons (Fsp3) is 0.259. The van der Waals surface area contributed by atoms with Crippen LogP contribution >= 0.6 is 11.3 Å². The van der Waals surface area contributed by atoms with Gasteiger partial charge in [0.2, 0.25) is 0 Å². The molecule has 7 heteroatoms. The minimum Gasteiger partial charge on any atom is -0.489 e. The third kappa shape index (κ3) is 5.92. The molecule has 0 aliphatic carbocycles. The first-order valence-electron chi connectivity index (χ1n) is 11.1. The number of thiophene rings is 1. The third-order valence-corrected chi connectivity index (χ3v) is 7.17. The van der Waals surface area contributed by atoms with E-state index in [9.17, 15) is 14.7 Å². The van der Waals surface area contributed by atoms with Gasteiger partial charge in [0.15, 0.2) is 0 Å². The second-order valence-corrected chi connectivity index (χ2v) is 9.58.